The first-order chi connectivity index (χ1) is 13.7. The second-order valence-electron chi connectivity index (χ2n) is 7.53. The fraction of sp³-hybridized carbons (Fsp3) is 0.286. The van der Waals surface area contributed by atoms with E-state index in [1.165, 1.54) is 4.68 Å². The van der Waals surface area contributed by atoms with Gasteiger partial charge >= 0.3 is 12.1 Å². The molecule has 0 aliphatic carbocycles. The highest BCUT2D eigenvalue weighted by molar-refractivity contribution is 5.93. The third kappa shape index (κ3) is 5.71. The molecule has 2 aromatic carbocycles. The summed E-state index contributed by atoms with van der Waals surface area (Å²) in [6.07, 6.45) is 0.990. The van der Waals surface area contributed by atoms with Gasteiger partial charge in [0.2, 0.25) is 0 Å². The molecule has 1 aromatic heterocycles. The van der Waals surface area contributed by atoms with Crippen LogP contribution in [-0.4, -0.2) is 32.6 Å². The minimum atomic E-state index is -0.995. The molecule has 3 rings (SSSR count). The van der Waals surface area contributed by atoms with Crippen LogP contribution < -0.4 is 10.1 Å². The Kier molecular flexibility index (Phi) is 5.72. The predicted octanol–water partition coefficient (Wildman–Crippen LogP) is 4.05. The smallest absolute Gasteiger partial charge is 0.412 e. The number of aliphatic carboxylic acids is 1. The minimum Gasteiger partial charge on any atom is -0.487 e. The van der Waals surface area contributed by atoms with Crippen molar-refractivity contribution in [1.82, 2.24) is 9.78 Å². The lowest BCUT2D eigenvalue weighted by atomic mass is 10.2. The summed E-state index contributed by atoms with van der Waals surface area (Å²) in [4.78, 5) is 23.2. The molecule has 0 saturated heterocycles. The van der Waals surface area contributed by atoms with Gasteiger partial charge in [-0.15, -0.1) is 0 Å². The summed E-state index contributed by atoms with van der Waals surface area (Å²) in [6, 6.07) is 13.0. The van der Waals surface area contributed by atoms with E-state index in [0.717, 1.165) is 5.56 Å². The van der Waals surface area contributed by atoms with Gasteiger partial charge in [-0.1, -0.05) is 30.3 Å². The van der Waals surface area contributed by atoms with E-state index in [0.29, 0.717) is 28.9 Å². The van der Waals surface area contributed by atoms with Crippen molar-refractivity contribution >= 4 is 28.7 Å². The van der Waals surface area contributed by atoms with Gasteiger partial charge in [-0.2, -0.15) is 5.10 Å². The molecule has 3 aromatic rings. The van der Waals surface area contributed by atoms with Crippen LogP contribution in [0.25, 0.3) is 10.9 Å². The van der Waals surface area contributed by atoms with Gasteiger partial charge in [0.05, 0.1) is 11.2 Å². The van der Waals surface area contributed by atoms with Gasteiger partial charge in [0, 0.05) is 17.6 Å². The Morgan fingerprint density at radius 3 is 2.55 bits per heavy atom. The van der Waals surface area contributed by atoms with Crippen molar-refractivity contribution in [3.63, 3.8) is 0 Å². The summed E-state index contributed by atoms with van der Waals surface area (Å²) >= 11 is 0. The van der Waals surface area contributed by atoms with Gasteiger partial charge in [-0.25, -0.2) is 4.79 Å². The maximum atomic E-state index is 12.3. The third-order valence-corrected chi connectivity index (χ3v) is 3.82. The van der Waals surface area contributed by atoms with E-state index >= 15 is 0 Å². The Balaban J connectivity index is 1.90. The molecule has 0 bridgehead atoms. The van der Waals surface area contributed by atoms with Crippen LogP contribution in [0.1, 0.15) is 26.3 Å². The molecule has 0 unspecified atom stereocenters. The SMILES string of the molecule is CC(C)(C)OC(=O)Nc1cc2cn(CC(=O)O)nc2cc1OCc1ccccc1. The van der Waals surface area contributed by atoms with Crippen molar-refractivity contribution in [2.24, 2.45) is 0 Å². The molecule has 1 amide bonds. The number of aromatic nitrogens is 2. The van der Waals surface area contributed by atoms with Gasteiger partial charge in [0.15, 0.2) is 0 Å². The molecule has 0 radical (unpaired) electrons. The summed E-state index contributed by atoms with van der Waals surface area (Å²) in [5.74, 6) is -0.585. The Morgan fingerprint density at radius 2 is 1.90 bits per heavy atom. The van der Waals surface area contributed by atoms with Crippen molar-refractivity contribution in [3.05, 3.63) is 54.2 Å². The number of amides is 1. The number of carboxylic acid groups (broad SMARTS) is 1. The monoisotopic (exact) mass is 397 g/mol. The average Bonchev–Trinajstić information content (AvgIpc) is 2.99. The summed E-state index contributed by atoms with van der Waals surface area (Å²) < 4.78 is 12.6. The Labute approximate surface area is 168 Å². The normalized spacial score (nSPS) is 11.3. The number of benzene rings is 2. The molecule has 0 atom stereocenters. The number of anilines is 1. The van der Waals surface area contributed by atoms with E-state index in [1.807, 2.05) is 30.3 Å². The number of hydrogen-bond donors (Lipinski definition) is 2. The molecule has 0 aliphatic heterocycles. The lowest BCUT2D eigenvalue weighted by Gasteiger charge is -2.20. The van der Waals surface area contributed by atoms with Crippen LogP contribution in [0.15, 0.2) is 48.7 Å². The molecule has 2 N–H and O–H groups in total. The molecule has 0 fully saturated rings. The van der Waals surface area contributed by atoms with Crippen molar-refractivity contribution in [1.29, 1.82) is 0 Å². The first kappa shape index (κ1) is 20.2. The van der Waals surface area contributed by atoms with Crippen molar-refractivity contribution in [2.75, 3.05) is 5.32 Å². The lowest BCUT2D eigenvalue weighted by molar-refractivity contribution is -0.137. The number of carboxylic acids is 1. The van der Waals surface area contributed by atoms with Gasteiger partial charge in [0.25, 0.3) is 0 Å². The molecule has 0 aliphatic rings. The van der Waals surface area contributed by atoms with E-state index in [4.69, 9.17) is 14.6 Å². The number of carbonyl (C=O) groups excluding carboxylic acids is 1. The lowest BCUT2D eigenvalue weighted by Crippen LogP contribution is -2.27. The molecule has 0 saturated carbocycles. The summed E-state index contributed by atoms with van der Waals surface area (Å²) in [5.41, 5.74) is 1.29. The van der Waals surface area contributed by atoms with Crippen LogP contribution in [0.5, 0.6) is 5.75 Å². The van der Waals surface area contributed by atoms with Gasteiger partial charge in [-0.3, -0.25) is 14.8 Å². The first-order valence-electron chi connectivity index (χ1n) is 9.09. The number of carbonyl (C=O) groups is 2. The molecule has 29 heavy (non-hydrogen) atoms. The van der Waals surface area contributed by atoms with Gasteiger partial charge in [0.1, 0.15) is 24.5 Å². The van der Waals surface area contributed by atoms with Crippen LogP contribution >= 0.6 is 0 Å². The summed E-state index contributed by atoms with van der Waals surface area (Å²) in [5, 5.41) is 16.6. The summed E-state index contributed by atoms with van der Waals surface area (Å²) in [7, 11) is 0. The molecular formula is C21H23N3O5. The van der Waals surface area contributed by atoms with E-state index < -0.39 is 17.7 Å². The van der Waals surface area contributed by atoms with Crippen LogP contribution in [0.4, 0.5) is 10.5 Å². The Morgan fingerprint density at radius 1 is 1.17 bits per heavy atom. The van der Waals surface area contributed by atoms with Crippen molar-refractivity contribution < 1.29 is 24.2 Å². The van der Waals surface area contributed by atoms with Gasteiger partial charge in [-0.05, 0) is 32.4 Å². The first-order valence-corrected chi connectivity index (χ1v) is 9.09. The van der Waals surface area contributed by atoms with E-state index in [1.54, 1.807) is 39.1 Å². The Hall–Kier alpha value is -3.55. The quantitative estimate of drug-likeness (QED) is 0.651. The standard InChI is InChI=1S/C21H23N3O5/c1-21(2,3)29-20(27)22-17-9-15-11-24(12-19(25)26)23-16(15)10-18(17)28-13-14-7-5-4-6-8-14/h4-11H,12-13H2,1-3H3,(H,22,27)(H,25,26). The zero-order chi connectivity index (χ0) is 21.0. The molecule has 1 heterocycles. The van der Waals surface area contributed by atoms with E-state index in [9.17, 15) is 9.59 Å². The third-order valence-electron chi connectivity index (χ3n) is 3.82. The topological polar surface area (TPSA) is 103 Å². The minimum absolute atomic E-state index is 0.260. The van der Waals surface area contributed by atoms with Crippen LogP contribution in [0, 0.1) is 0 Å². The summed E-state index contributed by atoms with van der Waals surface area (Å²) in [6.45, 7) is 5.37. The Bertz CT molecular complexity index is 1020. The molecule has 0 spiro atoms. The highest BCUT2D eigenvalue weighted by Crippen LogP contribution is 2.31. The number of nitrogens with zero attached hydrogens (tertiary/aromatic N) is 2. The van der Waals surface area contributed by atoms with Crippen molar-refractivity contribution in [3.8, 4) is 5.75 Å². The largest absolute Gasteiger partial charge is 0.487 e. The van der Waals surface area contributed by atoms with Crippen LogP contribution in [0.2, 0.25) is 0 Å². The second-order valence-corrected chi connectivity index (χ2v) is 7.53. The molecule has 8 nitrogen and oxygen atoms in total. The zero-order valence-corrected chi connectivity index (χ0v) is 16.5. The number of nitrogens with one attached hydrogen (secondary N) is 1. The predicted molar refractivity (Wildman–Crippen MR) is 108 cm³/mol. The highest BCUT2D eigenvalue weighted by atomic mass is 16.6. The fourth-order valence-corrected chi connectivity index (χ4v) is 2.69. The maximum Gasteiger partial charge on any atom is 0.412 e. The molecule has 152 valence electrons. The van der Waals surface area contributed by atoms with E-state index in [-0.39, 0.29) is 6.54 Å². The molecular weight excluding hydrogens is 374 g/mol. The fourth-order valence-electron chi connectivity index (χ4n) is 2.69. The highest BCUT2D eigenvalue weighted by Gasteiger charge is 2.19. The average molecular weight is 397 g/mol. The number of hydrogen-bond acceptors (Lipinski definition) is 5. The zero-order valence-electron chi connectivity index (χ0n) is 16.5. The van der Waals surface area contributed by atoms with Crippen LogP contribution in [-0.2, 0) is 22.7 Å². The van der Waals surface area contributed by atoms with E-state index in [2.05, 4.69) is 10.4 Å². The van der Waals surface area contributed by atoms with Crippen molar-refractivity contribution in [2.45, 2.75) is 39.5 Å². The van der Waals surface area contributed by atoms with Crippen LogP contribution in [0.3, 0.4) is 0 Å². The number of ether oxygens (including phenoxy) is 2. The number of rotatable bonds is 6. The maximum absolute atomic E-state index is 12.3. The molecule has 8 heteroatoms. The second kappa shape index (κ2) is 8.22. The van der Waals surface area contributed by atoms with Gasteiger partial charge < -0.3 is 14.6 Å². The number of fused-ring (bicyclic) bond motifs is 1.